The fourth-order valence-corrected chi connectivity index (χ4v) is 3.65. The minimum Gasteiger partial charge on any atom is -0.484 e. The maximum absolute atomic E-state index is 12.2. The van der Waals surface area contributed by atoms with Gasteiger partial charge in [-0.1, -0.05) is 29.3 Å². The molecule has 2 N–H and O–H groups in total. The number of anilines is 1. The lowest BCUT2D eigenvalue weighted by Gasteiger charge is -2.09. The number of benzene rings is 3. The van der Waals surface area contributed by atoms with Gasteiger partial charge >= 0.3 is 0 Å². The van der Waals surface area contributed by atoms with Crippen LogP contribution in [0.1, 0.15) is 18.1 Å². The van der Waals surface area contributed by atoms with Gasteiger partial charge in [0.1, 0.15) is 5.75 Å². The van der Waals surface area contributed by atoms with E-state index >= 15 is 0 Å². The Hall–Kier alpha value is -3.29. The molecule has 170 valence electrons. The Kier molecular flexibility index (Phi) is 8.92. The van der Waals surface area contributed by atoms with Gasteiger partial charge in [-0.05, 0) is 80.1 Å². The van der Waals surface area contributed by atoms with Crippen LogP contribution in [-0.4, -0.2) is 29.9 Å². The van der Waals surface area contributed by atoms with E-state index in [2.05, 4.69) is 15.8 Å². The molecule has 0 aliphatic rings. The lowest BCUT2D eigenvalue weighted by atomic mass is 10.2. The van der Waals surface area contributed by atoms with Gasteiger partial charge in [0.25, 0.3) is 11.8 Å². The standard InChI is InChI=1S/C25H24ClN3O3S/c1-17-3-9-21(10-4-17)28-24(30)16-32-22-11-5-19(6-12-22)15-27-29-25(31)18(2)33-23-13-7-20(26)8-14-23/h3-15,18H,16H2,1-2H3,(H,28,30)(H,29,31)/b27-15-/t18-/m0/s1. The van der Waals surface area contributed by atoms with E-state index in [0.29, 0.717) is 10.8 Å². The van der Waals surface area contributed by atoms with Gasteiger partial charge in [0.15, 0.2) is 6.61 Å². The molecule has 0 aliphatic heterocycles. The molecule has 0 aliphatic carbocycles. The van der Waals surface area contributed by atoms with Gasteiger partial charge in [-0.25, -0.2) is 5.43 Å². The van der Waals surface area contributed by atoms with Gasteiger partial charge in [0.05, 0.1) is 11.5 Å². The van der Waals surface area contributed by atoms with E-state index in [4.69, 9.17) is 16.3 Å². The molecule has 3 rings (SSSR count). The quantitative estimate of drug-likeness (QED) is 0.247. The largest absolute Gasteiger partial charge is 0.484 e. The Balaban J connectivity index is 1.41. The van der Waals surface area contributed by atoms with Crippen molar-refractivity contribution in [3.63, 3.8) is 0 Å². The summed E-state index contributed by atoms with van der Waals surface area (Å²) in [4.78, 5) is 25.2. The zero-order valence-corrected chi connectivity index (χ0v) is 19.8. The number of nitrogens with one attached hydrogen (secondary N) is 2. The summed E-state index contributed by atoms with van der Waals surface area (Å²) in [5, 5.41) is 7.14. The fraction of sp³-hybridized carbons (Fsp3) is 0.160. The number of hydrogen-bond donors (Lipinski definition) is 2. The van der Waals surface area contributed by atoms with Crippen molar-refractivity contribution in [2.24, 2.45) is 5.10 Å². The van der Waals surface area contributed by atoms with Crippen molar-refractivity contribution in [2.45, 2.75) is 24.0 Å². The van der Waals surface area contributed by atoms with Crippen molar-refractivity contribution in [1.82, 2.24) is 5.43 Å². The molecule has 0 unspecified atom stereocenters. The average molecular weight is 482 g/mol. The molecular formula is C25H24ClN3O3S. The molecule has 0 fully saturated rings. The van der Waals surface area contributed by atoms with Crippen molar-refractivity contribution in [1.29, 1.82) is 0 Å². The van der Waals surface area contributed by atoms with Gasteiger partial charge in [-0.15, -0.1) is 11.8 Å². The SMILES string of the molecule is Cc1ccc(NC(=O)COc2ccc(/C=N\NC(=O)[C@H](C)Sc3ccc(Cl)cc3)cc2)cc1. The molecule has 2 amide bonds. The summed E-state index contributed by atoms with van der Waals surface area (Å²) in [5.74, 6) is 0.117. The van der Waals surface area contributed by atoms with E-state index in [1.165, 1.54) is 11.8 Å². The molecule has 1 atom stereocenters. The number of thioether (sulfide) groups is 1. The number of amides is 2. The van der Waals surface area contributed by atoms with Crippen LogP contribution in [0, 0.1) is 6.92 Å². The van der Waals surface area contributed by atoms with Crippen molar-refractivity contribution in [3.05, 3.63) is 88.9 Å². The van der Waals surface area contributed by atoms with Crippen molar-refractivity contribution < 1.29 is 14.3 Å². The molecule has 0 radical (unpaired) electrons. The van der Waals surface area contributed by atoms with Crippen molar-refractivity contribution >= 4 is 47.1 Å². The fourth-order valence-electron chi connectivity index (χ4n) is 2.67. The summed E-state index contributed by atoms with van der Waals surface area (Å²) in [7, 11) is 0. The second-order valence-corrected chi connectivity index (χ2v) is 9.07. The first-order chi connectivity index (χ1) is 15.9. The molecule has 0 saturated heterocycles. The van der Waals surface area contributed by atoms with Crippen LogP contribution in [-0.2, 0) is 9.59 Å². The molecule has 0 heterocycles. The summed E-state index contributed by atoms with van der Waals surface area (Å²) in [5.41, 5.74) is 5.17. The molecule has 6 nitrogen and oxygen atoms in total. The van der Waals surface area contributed by atoms with Gasteiger partial charge in [0.2, 0.25) is 0 Å². The topological polar surface area (TPSA) is 79.8 Å². The summed E-state index contributed by atoms with van der Waals surface area (Å²) in [6.45, 7) is 3.70. The summed E-state index contributed by atoms with van der Waals surface area (Å²) in [6.07, 6.45) is 1.55. The summed E-state index contributed by atoms with van der Waals surface area (Å²) < 4.78 is 5.52. The van der Waals surface area contributed by atoms with Crippen molar-refractivity contribution in [3.8, 4) is 5.75 Å². The van der Waals surface area contributed by atoms with Crippen LogP contribution in [0.15, 0.2) is 82.8 Å². The number of aryl methyl sites for hydroxylation is 1. The number of rotatable bonds is 9. The molecule has 33 heavy (non-hydrogen) atoms. The first-order valence-corrected chi connectivity index (χ1v) is 11.5. The van der Waals surface area contributed by atoms with Gasteiger partial charge in [-0.2, -0.15) is 5.10 Å². The predicted molar refractivity (Wildman–Crippen MR) is 134 cm³/mol. The van der Waals surface area contributed by atoms with E-state index in [0.717, 1.165) is 21.7 Å². The molecule has 0 spiro atoms. The maximum Gasteiger partial charge on any atom is 0.262 e. The number of halogens is 1. The number of carbonyl (C=O) groups is 2. The highest BCUT2D eigenvalue weighted by atomic mass is 35.5. The summed E-state index contributed by atoms with van der Waals surface area (Å²) >= 11 is 7.30. The number of hydrazone groups is 1. The zero-order chi connectivity index (χ0) is 23.6. The van der Waals surface area contributed by atoms with Crippen LogP contribution in [0.4, 0.5) is 5.69 Å². The Morgan fingerprint density at radius 1 is 1.03 bits per heavy atom. The van der Waals surface area contributed by atoms with E-state index in [1.807, 2.05) is 50.2 Å². The molecule has 0 saturated carbocycles. The number of hydrogen-bond acceptors (Lipinski definition) is 5. The maximum atomic E-state index is 12.2. The van der Waals surface area contributed by atoms with Crippen LogP contribution >= 0.6 is 23.4 Å². The van der Waals surface area contributed by atoms with E-state index in [1.54, 1.807) is 42.6 Å². The Morgan fingerprint density at radius 2 is 1.70 bits per heavy atom. The highest BCUT2D eigenvalue weighted by molar-refractivity contribution is 8.00. The van der Waals surface area contributed by atoms with Crippen LogP contribution in [0.3, 0.4) is 0 Å². The molecule has 3 aromatic carbocycles. The number of ether oxygens (including phenoxy) is 1. The van der Waals surface area contributed by atoms with Crippen LogP contribution < -0.4 is 15.5 Å². The van der Waals surface area contributed by atoms with Crippen LogP contribution in [0.25, 0.3) is 0 Å². The highest BCUT2D eigenvalue weighted by Crippen LogP contribution is 2.24. The smallest absolute Gasteiger partial charge is 0.262 e. The van der Waals surface area contributed by atoms with E-state index < -0.39 is 0 Å². The monoisotopic (exact) mass is 481 g/mol. The third-order valence-electron chi connectivity index (χ3n) is 4.47. The average Bonchev–Trinajstić information content (AvgIpc) is 2.81. The lowest BCUT2D eigenvalue weighted by molar-refractivity contribution is -0.120. The lowest BCUT2D eigenvalue weighted by Crippen LogP contribution is -2.26. The third kappa shape index (κ3) is 8.29. The highest BCUT2D eigenvalue weighted by Gasteiger charge is 2.13. The second kappa shape index (κ2) is 12.1. The Bertz CT molecular complexity index is 1100. The summed E-state index contributed by atoms with van der Waals surface area (Å²) in [6, 6.07) is 21.9. The Labute approximate surface area is 202 Å². The van der Waals surface area contributed by atoms with Gasteiger partial charge in [-0.3, -0.25) is 9.59 Å². The van der Waals surface area contributed by atoms with Crippen LogP contribution in [0.5, 0.6) is 5.75 Å². The third-order valence-corrected chi connectivity index (χ3v) is 5.83. The normalized spacial score (nSPS) is 11.7. The predicted octanol–water partition coefficient (Wildman–Crippen LogP) is 5.30. The second-order valence-electron chi connectivity index (χ2n) is 7.22. The number of nitrogens with zero attached hydrogens (tertiary/aromatic N) is 1. The minimum absolute atomic E-state index is 0.0967. The molecule has 0 aromatic heterocycles. The minimum atomic E-state index is -0.315. The molecule has 3 aromatic rings. The first kappa shape index (κ1) is 24.4. The van der Waals surface area contributed by atoms with Gasteiger partial charge < -0.3 is 10.1 Å². The molecule has 0 bridgehead atoms. The van der Waals surface area contributed by atoms with E-state index in [9.17, 15) is 9.59 Å². The zero-order valence-electron chi connectivity index (χ0n) is 18.2. The molecular weight excluding hydrogens is 458 g/mol. The first-order valence-electron chi connectivity index (χ1n) is 10.2. The van der Waals surface area contributed by atoms with Gasteiger partial charge in [0, 0.05) is 15.6 Å². The van der Waals surface area contributed by atoms with Crippen LogP contribution in [0.2, 0.25) is 5.02 Å². The number of carbonyl (C=O) groups excluding carboxylic acids is 2. The molecule has 8 heteroatoms. The van der Waals surface area contributed by atoms with Crippen molar-refractivity contribution in [2.75, 3.05) is 11.9 Å². The Morgan fingerprint density at radius 3 is 2.36 bits per heavy atom. The van der Waals surface area contributed by atoms with E-state index in [-0.39, 0.29) is 23.7 Å².